The molecule has 0 aliphatic rings. The third-order valence-electron chi connectivity index (χ3n) is 4.04. The highest BCUT2D eigenvalue weighted by molar-refractivity contribution is 6.31. The van der Waals surface area contributed by atoms with Crippen molar-refractivity contribution in [3.63, 3.8) is 0 Å². The van der Waals surface area contributed by atoms with Crippen LogP contribution < -0.4 is 10.1 Å². The fraction of sp³-hybridized carbons (Fsp3) is 0.0435. The fourth-order valence-corrected chi connectivity index (χ4v) is 2.76. The van der Waals surface area contributed by atoms with Gasteiger partial charge in [-0.15, -0.1) is 0 Å². The second-order valence-corrected chi connectivity index (χ2v) is 6.54. The molecule has 146 valence electrons. The van der Waals surface area contributed by atoms with Crippen molar-refractivity contribution in [2.45, 2.75) is 6.61 Å². The summed E-state index contributed by atoms with van der Waals surface area (Å²) in [7, 11) is 0. The number of hydrogen-bond donors (Lipinski definition) is 2. The van der Waals surface area contributed by atoms with E-state index in [1.807, 2.05) is 18.2 Å². The van der Waals surface area contributed by atoms with Crippen LogP contribution in [0.15, 0.2) is 84.6 Å². The lowest BCUT2D eigenvalue weighted by Gasteiger charge is -2.09. The number of carbonyl (C=O) groups excluding carboxylic acids is 1. The highest BCUT2D eigenvalue weighted by atomic mass is 35.5. The van der Waals surface area contributed by atoms with Crippen LogP contribution >= 0.6 is 11.6 Å². The molecule has 3 aromatic rings. The molecule has 0 saturated carbocycles. The van der Waals surface area contributed by atoms with Crippen molar-refractivity contribution >= 4 is 29.6 Å². The zero-order valence-corrected chi connectivity index (χ0v) is 16.1. The van der Waals surface area contributed by atoms with Crippen LogP contribution in [0.5, 0.6) is 5.75 Å². The smallest absolute Gasteiger partial charge is 0.352 e. The molecule has 0 bridgehead atoms. The topological polar surface area (TPSA) is 75.6 Å². The van der Waals surface area contributed by atoms with Gasteiger partial charge >= 0.3 is 5.97 Å². The van der Waals surface area contributed by atoms with Gasteiger partial charge in [-0.25, -0.2) is 4.79 Å². The summed E-state index contributed by atoms with van der Waals surface area (Å²) in [6, 6.07) is 22.7. The van der Waals surface area contributed by atoms with Crippen LogP contribution in [0.4, 0.5) is 0 Å². The molecule has 3 aromatic carbocycles. The third kappa shape index (κ3) is 5.70. The number of nitrogens with one attached hydrogen (secondary N) is 1. The molecular formula is C23H18ClNO4. The average Bonchev–Trinajstić information content (AvgIpc) is 2.73. The number of amides is 1. The van der Waals surface area contributed by atoms with E-state index in [0.717, 1.165) is 5.56 Å². The fourth-order valence-electron chi connectivity index (χ4n) is 2.57. The van der Waals surface area contributed by atoms with Crippen molar-refractivity contribution in [2.24, 2.45) is 0 Å². The second-order valence-electron chi connectivity index (χ2n) is 6.14. The van der Waals surface area contributed by atoms with E-state index in [2.05, 4.69) is 5.32 Å². The van der Waals surface area contributed by atoms with Crippen LogP contribution in [0.3, 0.4) is 0 Å². The number of carboxylic acids is 1. The summed E-state index contributed by atoms with van der Waals surface area (Å²) in [6.07, 6.45) is 1.38. The Morgan fingerprint density at radius 1 is 0.966 bits per heavy atom. The van der Waals surface area contributed by atoms with E-state index >= 15 is 0 Å². The highest BCUT2D eigenvalue weighted by Gasteiger charge is 2.13. The number of carbonyl (C=O) groups is 2. The van der Waals surface area contributed by atoms with Crippen LogP contribution in [0.1, 0.15) is 21.5 Å². The number of hydrogen-bond acceptors (Lipinski definition) is 3. The number of halogens is 1. The molecule has 5 nitrogen and oxygen atoms in total. The molecule has 0 heterocycles. The van der Waals surface area contributed by atoms with E-state index < -0.39 is 11.9 Å². The van der Waals surface area contributed by atoms with Crippen molar-refractivity contribution in [1.29, 1.82) is 0 Å². The first-order valence-electron chi connectivity index (χ1n) is 8.80. The SMILES string of the molecule is O=C(O)C(=Cc1cccc(OCc2ccccc2Cl)c1)NC(=O)c1ccccc1. The number of ether oxygens (including phenoxy) is 1. The van der Waals surface area contributed by atoms with Gasteiger partial charge in [-0.1, -0.05) is 60.1 Å². The molecule has 3 rings (SSSR count). The van der Waals surface area contributed by atoms with Gasteiger partial charge in [0.25, 0.3) is 5.91 Å². The molecule has 0 spiro atoms. The van der Waals surface area contributed by atoms with E-state index in [-0.39, 0.29) is 12.3 Å². The van der Waals surface area contributed by atoms with Crippen molar-refractivity contribution in [2.75, 3.05) is 0 Å². The first kappa shape index (κ1) is 20.2. The highest BCUT2D eigenvalue weighted by Crippen LogP contribution is 2.20. The minimum atomic E-state index is -1.24. The normalized spacial score (nSPS) is 11.0. The van der Waals surface area contributed by atoms with Crippen molar-refractivity contribution < 1.29 is 19.4 Å². The summed E-state index contributed by atoms with van der Waals surface area (Å²) >= 11 is 6.13. The van der Waals surface area contributed by atoms with E-state index in [1.165, 1.54) is 6.08 Å². The summed E-state index contributed by atoms with van der Waals surface area (Å²) < 4.78 is 5.76. The van der Waals surface area contributed by atoms with Gasteiger partial charge in [-0.2, -0.15) is 0 Å². The Labute approximate surface area is 173 Å². The molecule has 0 radical (unpaired) electrons. The van der Waals surface area contributed by atoms with Crippen LogP contribution in [-0.4, -0.2) is 17.0 Å². The molecule has 1 amide bonds. The van der Waals surface area contributed by atoms with Gasteiger partial charge in [0.05, 0.1) is 0 Å². The summed E-state index contributed by atoms with van der Waals surface area (Å²) in [5, 5.41) is 12.5. The lowest BCUT2D eigenvalue weighted by molar-refractivity contribution is -0.132. The number of aliphatic carboxylic acids is 1. The van der Waals surface area contributed by atoms with Crippen molar-refractivity contribution in [1.82, 2.24) is 5.32 Å². The molecule has 6 heteroatoms. The largest absolute Gasteiger partial charge is 0.489 e. The molecule has 0 fully saturated rings. The lowest BCUT2D eigenvalue weighted by atomic mass is 10.1. The summed E-state index contributed by atoms with van der Waals surface area (Å²) in [5.74, 6) is -1.18. The van der Waals surface area contributed by atoms with Gasteiger partial charge < -0.3 is 15.2 Å². The minimum absolute atomic E-state index is 0.234. The first-order chi connectivity index (χ1) is 14.0. The molecule has 29 heavy (non-hydrogen) atoms. The van der Waals surface area contributed by atoms with Gasteiger partial charge in [-0.3, -0.25) is 4.79 Å². The van der Waals surface area contributed by atoms with Gasteiger partial charge in [0, 0.05) is 16.1 Å². The molecule has 0 atom stereocenters. The van der Waals surface area contributed by atoms with Gasteiger partial charge in [0.15, 0.2) is 0 Å². The Hall–Kier alpha value is -3.57. The van der Waals surface area contributed by atoms with E-state index in [9.17, 15) is 14.7 Å². The Bertz CT molecular complexity index is 1050. The summed E-state index contributed by atoms with van der Waals surface area (Å²) in [5.41, 5.74) is 1.56. The number of benzene rings is 3. The molecule has 0 unspecified atom stereocenters. The first-order valence-corrected chi connectivity index (χ1v) is 9.18. The maximum Gasteiger partial charge on any atom is 0.352 e. The second kappa shape index (κ2) is 9.57. The number of rotatable bonds is 7. The Kier molecular flexibility index (Phi) is 6.66. The maximum absolute atomic E-state index is 12.3. The Morgan fingerprint density at radius 2 is 1.69 bits per heavy atom. The van der Waals surface area contributed by atoms with E-state index in [1.54, 1.807) is 60.7 Å². The monoisotopic (exact) mass is 407 g/mol. The maximum atomic E-state index is 12.3. The Balaban J connectivity index is 1.75. The van der Waals surface area contributed by atoms with Gasteiger partial charge in [0.1, 0.15) is 18.1 Å². The lowest BCUT2D eigenvalue weighted by Crippen LogP contribution is -2.27. The molecule has 0 saturated heterocycles. The molecular weight excluding hydrogens is 390 g/mol. The molecule has 0 aliphatic heterocycles. The summed E-state index contributed by atoms with van der Waals surface area (Å²) in [4.78, 5) is 23.8. The molecule has 2 N–H and O–H groups in total. The van der Waals surface area contributed by atoms with Gasteiger partial charge in [0.2, 0.25) is 0 Å². The zero-order valence-electron chi connectivity index (χ0n) is 15.3. The quantitative estimate of drug-likeness (QED) is 0.553. The van der Waals surface area contributed by atoms with Crippen molar-refractivity contribution in [3.05, 3.63) is 106 Å². The zero-order chi connectivity index (χ0) is 20.6. The van der Waals surface area contributed by atoms with Gasteiger partial charge in [-0.05, 0) is 42.0 Å². The molecule has 0 aliphatic carbocycles. The third-order valence-corrected chi connectivity index (χ3v) is 4.40. The predicted octanol–water partition coefficient (Wildman–Crippen LogP) is 4.77. The van der Waals surface area contributed by atoms with E-state index in [0.29, 0.717) is 21.9 Å². The molecule has 0 aromatic heterocycles. The van der Waals surface area contributed by atoms with Crippen LogP contribution in [-0.2, 0) is 11.4 Å². The van der Waals surface area contributed by atoms with Crippen LogP contribution in [0.25, 0.3) is 6.08 Å². The summed E-state index contributed by atoms with van der Waals surface area (Å²) in [6.45, 7) is 0.281. The van der Waals surface area contributed by atoms with Crippen molar-refractivity contribution in [3.8, 4) is 5.75 Å². The standard InChI is InChI=1S/C23H18ClNO4/c24-20-12-5-4-10-18(20)15-29-19-11-6-7-16(13-19)14-21(23(27)28)25-22(26)17-8-2-1-3-9-17/h1-14H,15H2,(H,25,26)(H,27,28). The Morgan fingerprint density at radius 3 is 2.41 bits per heavy atom. The van der Waals surface area contributed by atoms with E-state index in [4.69, 9.17) is 16.3 Å². The number of carboxylic acid groups (broad SMARTS) is 1. The minimum Gasteiger partial charge on any atom is -0.489 e. The van der Waals surface area contributed by atoms with Crippen LogP contribution in [0.2, 0.25) is 5.02 Å². The van der Waals surface area contributed by atoms with Crippen LogP contribution in [0, 0.1) is 0 Å². The predicted molar refractivity (Wildman–Crippen MR) is 112 cm³/mol. The average molecular weight is 408 g/mol.